The Morgan fingerprint density at radius 2 is 2.00 bits per heavy atom. The maximum absolute atomic E-state index is 11.2. The van der Waals surface area contributed by atoms with E-state index in [4.69, 9.17) is 4.42 Å². The van der Waals surface area contributed by atoms with Crippen LogP contribution in [0.2, 0.25) is 0 Å². The summed E-state index contributed by atoms with van der Waals surface area (Å²) in [6.07, 6.45) is 5.76. The molecule has 20 heavy (non-hydrogen) atoms. The van der Waals surface area contributed by atoms with E-state index in [0.717, 1.165) is 6.42 Å². The van der Waals surface area contributed by atoms with Gasteiger partial charge in [0.2, 0.25) is 11.8 Å². The minimum absolute atomic E-state index is 0.184. The Hall–Kier alpha value is -2.17. The highest BCUT2D eigenvalue weighted by Crippen LogP contribution is 2.29. The van der Waals surface area contributed by atoms with Crippen molar-refractivity contribution < 1.29 is 14.3 Å². The molecular formula is C15H16N2O3. The van der Waals surface area contributed by atoms with Crippen molar-refractivity contribution in [2.24, 2.45) is 5.92 Å². The number of hydrogen-bond acceptors (Lipinski definition) is 4. The third-order valence-electron chi connectivity index (χ3n) is 3.79. The van der Waals surface area contributed by atoms with Crippen molar-refractivity contribution in [3.05, 3.63) is 35.7 Å². The summed E-state index contributed by atoms with van der Waals surface area (Å²) in [5, 5.41) is 17.2. The number of rotatable bonds is 4. The summed E-state index contributed by atoms with van der Waals surface area (Å²) >= 11 is 0. The van der Waals surface area contributed by atoms with E-state index >= 15 is 0 Å². The number of hydrogen-bond donors (Lipinski definition) is 1. The van der Waals surface area contributed by atoms with Crippen LogP contribution in [0.3, 0.4) is 0 Å². The fraction of sp³-hybridized carbons (Fsp3) is 0.400. The summed E-state index contributed by atoms with van der Waals surface area (Å²) in [6, 6.07) is 6.68. The van der Waals surface area contributed by atoms with Crippen LogP contribution in [0.5, 0.6) is 0 Å². The second-order valence-corrected chi connectivity index (χ2v) is 5.21. The number of aromatic carboxylic acids is 1. The molecule has 1 aromatic carbocycles. The number of aromatic nitrogens is 2. The maximum atomic E-state index is 11.2. The maximum Gasteiger partial charge on any atom is 0.336 e. The molecule has 1 heterocycles. The first-order chi connectivity index (χ1) is 9.74. The standard InChI is InChI=1S/C15H16N2O3/c18-15(19)12-8-4-3-7-11(12)14-17-16-13(20-14)9-10-5-1-2-6-10/h3-4,7-8,10H,1-2,5-6,9H2,(H,18,19). The molecule has 0 unspecified atom stereocenters. The molecule has 0 spiro atoms. The van der Waals surface area contributed by atoms with Gasteiger partial charge in [-0.05, 0) is 30.9 Å². The largest absolute Gasteiger partial charge is 0.478 e. The van der Waals surface area contributed by atoms with Crippen molar-refractivity contribution in [1.29, 1.82) is 0 Å². The van der Waals surface area contributed by atoms with Gasteiger partial charge >= 0.3 is 5.97 Å². The lowest BCUT2D eigenvalue weighted by atomic mass is 10.0. The third-order valence-corrected chi connectivity index (χ3v) is 3.79. The van der Waals surface area contributed by atoms with E-state index in [1.807, 2.05) is 0 Å². The molecule has 5 nitrogen and oxygen atoms in total. The Balaban J connectivity index is 1.84. The molecule has 1 aliphatic rings. The number of carboxylic acids is 1. The molecule has 1 fully saturated rings. The molecule has 1 saturated carbocycles. The average Bonchev–Trinajstić information content (AvgIpc) is 3.11. The molecule has 0 saturated heterocycles. The van der Waals surface area contributed by atoms with Gasteiger partial charge in [0.25, 0.3) is 0 Å². The van der Waals surface area contributed by atoms with Gasteiger partial charge in [0, 0.05) is 6.42 Å². The van der Waals surface area contributed by atoms with Gasteiger partial charge < -0.3 is 9.52 Å². The van der Waals surface area contributed by atoms with Crippen LogP contribution in [-0.4, -0.2) is 21.3 Å². The quantitative estimate of drug-likeness (QED) is 0.925. The Morgan fingerprint density at radius 3 is 2.75 bits per heavy atom. The molecule has 0 aliphatic heterocycles. The molecule has 1 N–H and O–H groups in total. The Morgan fingerprint density at radius 1 is 1.25 bits per heavy atom. The Bertz CT molecular complexity index is 615. The highest BCUT2D eigenvalue weighted by molar-refractivity contribution is 5.94. The fourth-order valence-corrected chi connectivity index (χ4v) is 2.76. The fourth-order valence-electron chi connectivity index (χ4n) is 2.76. The number of carboxylic acid groups (broad SMARTS) is 1. The van der Waals surface area contributed by atoms with Crippen molar-refractivity contribution in [3.8, 4) is 11.5 Å². The third kappa shape index (κ3) is 2.57. The van der Waals surface area contributed by atoms with E-state index in [2.05, 4.69) is 10.2 Å². The minimum Gasteiger partial charge on any atom is -0.478 e. The SMILES string of the molecule is O=C(O)c1ccccc1-c1nnc(CC2CCCC2)o1. The molecule has 0 radical (unpaired) electrons. The zero-order valence-corrected chi connectivity index (χ0v) is 11.1. The van der Waals surface area contributed by atoms with E-state index in [0.29, 0.717) is 17.4 Å². The lowest BCUT2D eigenvalue weighted by Gasteiger charge is -2.03. The zero-order chi connectivity index (χ0) is 13.9. The highest BCUT2D eigenvalue weighted by Gasteiger charge is 2.20. The van der Waals surface area contributed by atoms with Gasteiger partial charge in [-0.1, -0.05) is 25.0 Å². The molecule has 5 heteroatoms. The smallest absolute Gasteiger partial charge is 0.336 e. The summed E-state index contributed by atoms with van der Waals surface area (Å²) in [5.41, 5.74) is 0.661. The minimum atomic E-state index is -0.990. The van der Waals surface area contributed by atoms with E-state index in [-0.39, 0.29) is 11.5 Å². The zero-order valence-electron chi connectivity index (χ0n) is 11.1. The molecule has 1 aromatic heterocycles. The Kier molecular flexibility index (Phi) is 3.50. The van der Waals surface area contributed by atoms with Crippen LogP contribution in [0.15, 0.2) is 28.7 Å². The molecule has 3 rings (SSSR count). The molecular weight excluding hydrogens is 256 g/mol. The van der Waals surface area contributed by atoms with Gasteiger partial charge in [-0.2, -0.15) is 0 Å². The first-order valence-electron chi connectivity index (χ1n) is 6.89. The van der Waals surface area contributed by atoms with E-state index in [1.54, 1.807) is 24.3 Å². The van der Waals surface area contributed by atoms with Crippen molar-refractivity contribution in [3.63, 3.8) is 0 Å². The first kappa shape index (κ1) is 12.8. The monoisotopic (exact) mass is 272 g/mol. The molecule has 0 atom stereocenters. The van der Waals surface area contributed by atoms with Gasteiger partial charge in [0.15, 0.2) is 0 Å². The predicted octanol–water partition coefficient (Wildman–Crippen LogP) is 3.17. The molecule has 0 amide bonds. The summed E-state index contributed by atoms with van der Waals surface area (Å²) in [5.74, 6) is 0.525. The second-order valence-electron chi connectivity index (χ2n) is 5.21. The molecule has 104 valence electrons. The van der Waals surface area contributed by atoms with Crippen LogP contribution in [0.4, 0.5) is 0 Å². The van der Waals surface area contributed by atoms with Crippen LogP contribution >= 0.6 is 0 Å². The lowest BCUT2D eigenvalue weighted by molar-refractivity contribution is 0.0697. The topological polar surface area (TPSA) is 76.2 Å². The average molecular weight is 272 g/mol. The van der Waals surface area contributed by atoms with Gasteiger partial charge in [0.1, 0.15) is 0 Å². The van der Waals surface area contributed by atoms with Crippen LogP contribution in [0.25, 0.3) is 11.5 Å². The second kappa shape index (κ2) is 5.45. The predicted molar refractivity (Wildman–Crippen MR) is 72.4 cm³/mol. The summed E-state index contributed by atoms with van der Waals surface area (Å²) in [4.78, 5) is 11.2. The molecule has 0 bridgehead atoms. The number of benzene rings is 1. The van der Waals surface area contributed by atoms with Crippen LogP contribution in [0, 0.1) is 5.92 Å². The van der Waals surface area contributed by atoms with Crippen LogP contribution in [0.1, 0.15) is 41.9 Å². The number of carbonyl (C=O) groups is 1. The highest BCUT2D eigenvalue weighted by atomic mass is 16.4. The normalized spacial score (nSPS) is 15.6. The summed E-state index contributed by atoms with van der Waals surface area (Å²) in [6.45, 7) is 0. The van der Waals surface area contributed by atoms with Crippen molar-refractivity contribution in [1.82, 2.24) is 10.2 Å². The summed E-state index contributed by atoms with van der Waals surface area (Å²) < 4.78 is 5.64. The van der Waals surface area contributed by atoms with Crippen molar-refractivity contribution >= 4 is 5.97 Å². The van der Waals surface area contributed by atoms with Gasteiger partial charge in [-0.15, -0.1) is 10.2 Å². The number of nitrogens with zero attached hydrogens (tertiary/aromatic N) is 2. The summed E-state index contributed by atoms with van der Waals surface area (Å²) in [7, 11) is 0. The van der Waals surface area contributed by atoms with Gasteiger partial charge in [-0.3, -0.25) is 0 Å². The van der Waals surface area contributed by atoms with Crippen LogP contribution < -0.4 is 0 Å². The first-order valence-corrected chi connectivity index (χ1v) is 6.89. The van der Waals surface area contributed by atoms with E-state index in [1.165, 1.54) is 25.7 Å². The van der Waals surface area contributed by atoms with Gasteiger partial charge in [-0.25, -0.2) is 4.79 Å². The lowest BCUT2D eigenvalue weighted by Crippen LogP contribution is -1.99. The van der Waals surface area contributed by atoms with Gasteiger partial charge in [0.05, 0.1) is 11.1 Å². The van der Waals surface area contributed by atoms with Crippen molar-refractivity contribution in [2.75, 3.05) is 0 Å². The Labute approximate surface area is 116 Å². The molecule has 1 aliphatic carbocycles. The van der Waals surface area contributed by atoms with E-state index < -0.39 is 5.97 Å². The molecule has 2 aromatic rings. The van der Waals surface area contributed by atoms with Crippen molar-refractivity contribution in [2.45, 2.75) is 32.1 Å². The van der Waals surface area contributed by atoms with E-state index in [9.17, 15) is 9.90 Å². The van der Waals surface area contributed by atoms with Crippen LogP contribution in [-0.2, 0) is 6.42 Å².